The van der Waals surface area contributed by atoms with Crippen molar-refractivity contribution >= 4 is 0 Å². The SMILES string of the molecule is OCC(O)C1CCCC1O. The first-order valence-electron chi connectivity index (χ1n) is 3.72. The number of aliphatic hydroxyl groups excluding tert-OH is 3. The van der Waals surface area contributed by atoms with Crippen molar-refractivity contribution < 1.29 is 15.3 Å². The van der Waals surface area contributed by atoms with Gasteiger partial charge in [0, 0.05) is 5.92 Å². The molecule has 1 fully saturated rings. The normalized spacial score (nSPS) is 36.3. The molecule has 3 N–H and O–H groups in total. The van der Waals surface area contributed by atoms with Gasteiger partial charge in [-0.25, -0.2) is 0 Å². The van der Waals surface area contributed by atoms with E-state index in [2.05, 4.69) is 0 Å². The van der Waals surface area contributed by atoms with Gasteiger partial charge in [0.2, 0.25) is 0 Å². The number of aliphatic hydroxyl groups is 3. The molecule has 0 radical (unpaired) electrons. The summed E-state index contributed by atoms with van der Waals surface area (Å²) in [6, 6.07) is 0. The van der Waals surface area contributed by atoms with Crippen LogP contribution in [0, 0.1) is 5.92 Å². The Hall–Kier alpha value is -0.120. The van der Waals surface area contributed by atoms with Crippen molar-refractivity contribution in [3.63, 3.8) is 0 Å². The molecule has 0 spiro atoms. The first kappa shape index (κ1) is 7.98. The molecule has 1 aliphatic carbocycles. The summed E-state index contributed by atoms with van der Waals surface area (Å²) in [6.45, 7) is -0.234. The summed E-state index contributed by atoms with van der Waals surface area (Å²) in [4.78, 5) is 0. The Kier molecular flexibility index (Phi) is 2.65. The zero-order valence-corrected chi connectivity index (χ0v) is 5.90. The van der Waals surface area contributed by atoms with Gasteiger partial charge in [0.25, 0.3) is 0 Å². The topological polar surface area (TPSA) is 60.7 Å². The molecule has 0 aromatic rings. The zero-order chi connectivity index (χ0) is 7.56. The molecule has 3 nitrogen and oxygen atoms in total. The summed E-state index contributed by atoms with van der Waals surface area (Å²) in [5, 5.41) is 26.9. The monoisotopic (exact) mass is 146 g/mol. The molecule has 1 aliphatic rings. The number of hydrogen-bond acceptors (Lipinski definition) is 3. The van der Waals surface area contributed by atoms with Crippen LogP contribution in [0.5, 0.6) is 0 Å². The van der Waals surface area contributed by atoms with Gasteiger partial charge in [0.15, 0.2) is 0 Å². The van der Waals surface area contributed by atoms with Crippen molar-refractivity contribution in [1.29, 1.82) is 0 Å². The van der Waals surface area contributed by atoms with Crippen LogP contribution in [0.25, 0.3) is 0 Å². The van der Waals surface area contributed by atoms with E-state index in [0.717, 1.165) is 19.3 Å². The Morgan fingerprint density at radius 1 is 1.40 bits per heavy atom. The van der Waals surface area contributed by atoms with Gasteiger partial charge in [-0.1, -0.05) is 6.42 Å². The van der Waals surface area contributed by atoms with E-state index < -0.39 is 12.2 Å². The fourth-order valence-electron chi connectivity index (χ4n) is 1.55. The lowest BCUT2D eigenvalue weighted by atomic mass is 9.99. The maximum Gasteiger partial charge on any atom is 0.0823 e. The fourth-order valence-corrected chi connectivity index (χ4v) is 1.55. The summed E-state index contributed by atoms with van der Waals surface area (Å²) < 4.78 is 0. The van der Waals surface area contributed by atoms with E-state index in [1.165, 1.54) is 0 Å². The van der Waals surface area contributed by atoms with Crippen LogP contribution in [0.2, 0.25) is 0 Å². The Balaban J connectivity index is 2.38. The number of rotatable bonds is 2. The van der Waals surface area contributed by atoms with Crippen molar-refractivity contribution in [2.45, 2.75) is 31.5 Å². The van der Waals surface area contributed by atoms with Gasteiger partial charge in [-0.15, -0.1) is 0 Å². The van der Waals surface area contributed by atoms with Crippen LogP contribution < -0.4 is 0 Å². The van der Waals surface area contributed by atoms with Crippen molar-refractivity contribution in [3.05, 3.63) is 0 Å². The minimum atomic E-state index is -0.725. The minimum Gasteiger partial charge on any atom is -0.394 e. The molecular formula is C7H14O3. The lowest BCUT2D eigenvalue weighted by Gasteiger charge is -2.18. The molecule has 0 aliphatic heterocycles. The van der Waals surface area contributed by atoms with Gasteiger partial charge < -0.3 is 15.3 Å². The maximum absolute atomic E-state index is 9.22. The third-order valence-corrected chi connectivity index (χ3v) is 2.21. The van der Waals surface area contributed by atoms with E-state index >= 15 is 0 Å². The molecule has 0 amide bonds. The predicted molar refractivity (Wildman–Crippen MR) is 36.4 cm³/mol. The van der Waals surface area contributed by atoms with Crippen LogP contribution in [-0.4, -0.2) is 34.1 Å². The molecule has 3 heteroatoms. The molecule has 0 aromatic carbocycles. The highest BCUT2D eigenvalue weighted by Crippen LogP contribution is 2.27. The maximum atomic E-state index is 9.22. The fraction of sp³-hybridized carbons (Fsp3) is 1.00. The lowest BCUT2D eigenvalue weighted by molar-refractivity contribution is -0.00102. The van der Waals surface area contributed by atoms with Gasteiger partial charge in [0.05, 0.1) is 18.8 Å². The molecule has 10 heavy (non-hydrogen) atoms. The Bertz CT molecular complexity index is 105. The van der Waals surface area contributed by atoms with E-state index in [-0.39, 0.29) is 12.5 Å². The molecule has 0 heterocycles. The van der Waals surface area contributed by atoms with Crippen LogP contribution in [0.15, 0.2) is 0 Å². The molecule has 3 atom stereocenters. The highest BCUT2D eigenvalue weighted by molar-refractivity contribution is 4.81. The van der Waals surface area contributed by atoms with Gasteiger partial charge in [-0.2, -0.15) is 0 Å². The molecule has 1 rings (SSSR count). The van der Waals surface area contributed by atoms with Gasteiger partial charge in [0.1, 0.15) is 0 Å². The van der Waals surface area contributed by atoms with Gasteiger partial charge in [-0.05, 0) is 12.8 Å². The van der Waals surface area contributed by atoms with E-state index in [1.54, 1.807) is 0 Å². The molecule has 0 aromatic heterocycles. The van der Waals surface area contributed by atoms with E-state index in [1.807, 2.05) is 0 Å². The summed E-state index contributed by atoms with van der Waals surface area (Å²) in [7, 11) is 0. The summed E-state index contributed by atoms with van der Waals surface area (Å²) in [6.07, 6.45) is 1.44. The Morgan fingerprint density at radius 2 is 2.10 bits per heavy atom. The van der Waals surface area contributed by atoms with Gasteiger partial charge in [-0.3, -0.25) is 0 Å². The van der Waals surface area contributed by atoms with Crippen molar-refractivity contribution in [2.75, 3.05) is 6.61 Å². The molecule has 3 unspecified atom stereocenters. The molecule has 60 valence electrons. The van der Waals surface area contributed by atoms with Crippen molar-refractivity contribution in [1.82, 2.24) is 0 Å². The predicted octanol–water partition coefficient (Wildman–Crippen LogP) is -0.499. The van der Waals surface area contributed by atoms with E-state index in [4.69, 9.17) is 10.2 Å². The first-order valence-corrected chi connectivity index (χ1v) is 3.72. The summed E-state index contributed by atoms with van der Waals surface area (Å²) in [5.74, 6) is -0.0926. The zero-order valence-electron chi connectivity index (χ0n) is 5.90. The largest absolute Gasteiger partial charge is 0.394 e. The average molecular weight is 146 g/mol. The Morgan fingerprint density at radius 3 is 2.50 bits per heavy atom. The third-order valence-electron chi connectivity index (χ3n) is 2.21. The quantitative estimate of drug-likeness (QED) is 0.492. The lowest BCUT2D eigenvalue weighted by Crippen LogP contribution is -2.29. The number of hydrogen-bond donors (Lipinski definition) is 3. The van der Waals surface area contributed by atoms with E-state index in [0.29, 0.717) is 0 Å². The average Bonchev–Trinajstić information content (AvgIpc) is 2.34. The summed E-state index contributed by atoms with van der Waals surface area (Å²) >= 11 is 0. The highest BCUT2D eigenvalue weighted by Gasteiger charge is 2.30. The van der Waals surface area contributed by atoms with Gasteiger partial charge >= 0.3 is 0 Å². The van der Waals surface area contributed by atoms with Crippen molar-refractivity contribution in [3.8, 4) is 0 Å². The van der Waals surface area contributed by atoms with E-state index in [9.17, 15) is 5.11 Å². The van der Waals surface area contributed by atoms with Crippen LogP contribution in [0.3, 0.4) is 0 Å². The molecular weight excluding hydrogens is 132 g/mol. The van der Waals surface area contributed by atoms with Crippen molar-refractivity contribution in [2.24, 2.45) is 5.92 Å². The second-order valence-electron chi connectivity index (χ2n) is 2.91. The first-order chi connectivity index (χ1) is 4.75. The minimum absolute atomic E-state index is 0.0926. The van der Waals surface area contributed by atoms with Crippen LogP contribution in [-0.2, 0) is 0 Å². The smallest absolute Gasteiger partial charge is 0.0823 e. The standard InChI is InChI=1S/C7H14O3/c8-4-7(10)5-2-1-3-6(5)9/h5-10H,1-4H2. The molecule has 1 saturated carbocycles. The third kappa shape index (κ3) is 1.48. The summed E-state index contributed by atoms with van der Waals surface area (Å²) in [5.41, 5.74) is 0. The van der Waals surface area contributed by atoms with Crippen LogP contribution in [0.1, 0.15) is 19.3 Å². The second-order valence-corrected chi connectivity index (χ2v) is 2.91. The molecule has 0 saturated heterocycles. The Labute approximate surface area is 60.3 Å². The van der Waals surface area contributed by atoms with Crippen LogP contribution in [0.4, 0.5) is 0 Å². The second kappa shape index (κ2) is 3.32. The molecule has 0 bridgehead atoms. The van der Waals surface area contributed by atoms with Crippen LogP contribution >= 0.6 is 0 Å². The highest BCUT2D eigenvalue weighted by atomic mass is 16.3.